The van der Waals surface area contributed by atoms with Crippen molar-refractivity contribution in [2.75, 3.05) is 32.8 Å². The molecule has 0 aromatic rings. The quantitative estimate of drug-likeness (QED) is 0.743. The van der Waals surface area contributed by atoms with Gasteiger partial charge in [-0.2, -0.15) is 0 Å². The van der Waals surface area contributed by atoms with Crippen molar-refractivity contribution in [3.8, 4) is 0 Å². The Morgan fingerprint density at radius 1 is 1.16 bits per heavy atom. The molecule has 0 aliphatic carbocycles. The first-order chi connectivity index (χ1) is 9.22. The zero-order valence-corrected chi connectivity index (χ0v) is 12.9. The van der Waals surface area contributed by atoms with Crippen molar-refractivity contribution in [1.29, 1.82) is 0 Å². The zero-order chi connectivity index (χ0) is 14.1. The lowest BCUT2D eigenvalue weighted by atomic mass is 10.1. The van der Waals surface area contributed by atoms with Gasteiger partial charge in [-0.3, -0.25) is 0 Å². The molecule has 1 fully saturated rings. The van der Waals surface area contributed by atoms with E-state index in [4.69, 9.17) is 4.74 Å². The molecular formula is C15H30N2O2. The zero-order valence-electron chi connectivity index (χ0n) is 12.9. The summed E-state index contributed by atoms with van der Waals surface area (Å²) in [5.74, 6) is 0. The van der Waals surface area contributed by atoms with Crippen molar-refractivity contribution in [1.82, 2.24) is 9.80 Å². The van der Waals surface area contributed by atoms with Crippen molar-refractivity contribution in [2.24, 2.45) is 0 Å². The number of amides is 1. The minimum Gasteiger partial charge on any atom is -0.450 e. The van der Waals surface area contributed by atoms with Crippen molar-refractivity contribution in [2.45, 2.75) is 58.9 Å². The highest BCUT2D eigenvalue weighted by Crippen LogP contribution is 2.18. The molecule has 1 rings (SSSR count). The van der Waals surface area contributed by atoms with Gasteiger partial charge in [0.15, 0.2) is 0 Å². The summed E-state index contributed by atoms with van der Waals surface area (Å²) < 4.78 is 5.10. The summed E-state index contributed by atoms with van der Waals surface area (Å²) >= 11 is 0. The molecule has 0 aromatic heterocycles. The van der Waals surface area contributed by atoms with E-state index in [0.29, 0.717) is 12.6 Å². The fourth-order valence-corrected chi connectivity index (χ4v) is 2.89. The van der Waals surface area contributed by atoms with Crippen LogP contribution in [0.5, 0.6) is 0 Å². The van der Waals surface area contributed by atoms with Crippen molar-refractivity contribution < 1.29 is 9.53 Å². The Labute approximate surface area is 118 Å². The van der Waals surface area contributed by atoms with Gasteiger partial charge in [-0.1, -0.05) is 13.8 Å². The summed E-state index contributed by atoms with van der Waals surface area (Å²) in [6.45, 7) is 10.9. The lowest BCUT2D eigenvalue weighted by Gasteiger charge is -2.30. The number of likely N-dealkylation sites (tertiary alicyclic amines) is 1. The molecule has 1 amide bonds. The topological polar surface area (TPSA) is 32.8 Å². The normalized spacial score (nSPS) is 20.4. The molecule has 1 aliphatic heterocycles. The molecule has 4 nitrogen and oxygen atoms in total. The molecule has 0 radical (unpaired) electrons. The van der Waals surface area contributed by atoms with Crippen molar-refractivity contribution in [3.05, 3.63) is 0 Å². The minimum absolute atomic E-state index is 0.138. The van der Waals surface area contributed by atoms with Crippen LogP contribution in [0.25, 0.3) is 0 Å². The molecule has 1 saturated heterocycles. The van der Waals surface area contributed by atoms with E-state index in [9.17, 15) is 4.79 Å². The van der Waals surface area contributed by atoms with Gasteiger partial charge in [0.1, 0.15) is 0 Å². The standard InChI is InChI=1S/C15H30N2O2/c1-4-10-16(11-5-2)14-8-7-12-17(13-9-14)15(18)19-6-3/h14H,4-13H2,1-3H3. The molecule has 0 bridgehead atoms. The van der Waals surface area contributed by atoms with E-state index in [2.05, 4.69) is 18.7 Å². The van der Waals surface area contributed by atoms with Gasteiger partial charge in [0.2, 0.25) is 0 Å². The Morgan fingerprint density at radius 2 is 1.84 bits per heavy atom. The first-order valence-corrected chi connectivity index (χ1v) is 7.88. The molecule has 0 spiro atoms. The van der Waals surface area contributed by atoms with Gasteiger partial charge in [0.05, 0.1) is 6.61 Å². The van der Waals surface area contributed by atoms with Gasteiger partial charge >= 0.3 is 6.09 Å². The number of rotatable bonds is 6. The highest BCUT2D eigenvalue weighted by atomic mass is 16.6. The third kappa shape index (κ3) is 5.39. The van der Waals surface area contributed by atoms with E-state index >= 15 is 0 Å². The van der Waals surface area contributed by atoms with Gasteiger partial charge in [-0.05, 0) is 52.1 Å². The number of nitrogens with zero attached hydrogens (tertiary/aromatic N) is 2. The van der Waals surface area contributed by atoms with Gasteiger partial charge in [-0.25, -0.2) is 4.79 Å². The van der Waals surface area contributed by atoms with Gasteiger partial charge < -0.3 is 14.5 Å². The maximum absolute atomic E-state index is 11.8. The summed E-state index contributed by atoms with van der Waals surface area (Å²) in [7, 11) is 0. The predicted molar refractivity (Wildman–Crippen MR) is 78.4 cm³/mol. The first kappa shape index (κ1) is 16.3. The van der Waals surface area contributed by atoms with E-state index in [1.54, 1.807) is 0 Å². The summed E-state index contributed by atoms with van der Waals surface area (Å²) in [5, 5.41) is 0. The molecule has 1 heterocycles. The lowest BCUT2D eigenvalue weighted by molar-refractivity contribution is 0.107. The van der Waals surface area contributed by atoms with Gasteiger partial charge in [-0.15, -0.1) is 0 Å². The molecular weight excluding hydrogens is 240 g/mol. The second kappa shape index (κ2) is 9.18. The van der Waals surface area contributed by atoms with E-state index in [1.807, 2.05) is 11.8 Å². The Balaban J connectivity index is 2.49. The SMILES string of the molecule is CCCN(CCC)C1CCCN(C(=O)OCC)CC1. The van der Waals surface area contributed by atoms with Crippen LogP contribution in [0, 0.1) is 0 Å². The minimum atomic E-state index is -0.138. The summed E-state index contributed by atoms with van der Waals surface area (Å²) in [5.41, 5.74) is 0. The second-order valence-electron chi connectivity index (χ2n) is 5.31. The molecule has 4 heteroatoms. The van der Waals surface area contributed by atoms with Crippen molar-refractivity contribution >= 4 is 6.09 Å². The maximum atomic E-state index is 11.8. The third-order valence-corrected chi connectivity index (χ3v) is 3.76. The second-order valence-corrected chi connectivity index (χ2v) is 5.31. The van der Waals surface area contributed by atoms with Crippen LogP contribution >= 0.6 is 0 Å². The fraction of sp³-hybridized carbons (Fsp3) is 0.933. The van der Waals surface area contributed by atoms with Gasteiger partial charge in [0.25, 0.3) is 0 Å². The first-order valence-electron chi connectivity index (χ1n) is 7.88. The highest BCUT2D eigenvalue weighted by molar-refractivity contribution is 5.67. The van der Waals surface area contributed by atoms with Crippen LogP contribution in [-0.4, -0.2) is 54.7 Å². The van der Waals surface area contributed by atoms with Crippen LogP contribution < -0.4 is 0 Å². The number of ether oxygens (including phenoxy) is 1. The van der Waals surface area contributed by atoms with Crippen LogP contribution in [0.1, 0.15) is 52.9 Å². The van der Waals surface area contributed by atoms with Crippen LogP contribution in [0.4, 0.5) is 4.79 Å². The van der Waals surface area contributed by atoms with E-state index in [0.717, 1.165) is 25.9 Å². The highest BCUT2D eigenvalue weighted by Gasteiger charge is 2.24. The van der Waals surface area contributed by atoms with E-state index in [1.165, 1.54) is 32.4 Å². The van der Waals surface area contributed by atoms with Crippen LogP contribution in [0.2, 0.25) is 0 Å². The molecule has 112 valence electrons. The molecule has 1 atom stereocenters. The molecule has 0 N–H and O–H groups in total. The third-order valence-electron chi connectivity index (χ3n) is 3.76. The molecule has 19 heavy (non-hydrogen) atoms. The maximum Gasteiger partial charge on any atom is 0.409 e. The molecule has 1 aliphatic rings. The number of carbonyl (C=O) groups is 1. The van der Waals surface area contributed by atoms with Crippen LogP contribution in [0.15, 0.2) is 0 Å². The average Bonchev–Trinajstić information content (AvgIpc) is 2.64. The smallest absolute Gasteiger partial charge is 0.409 e. The Morgan fingerprint density at radius 3 is 2.42 bits per heavy atom. The summed E-state index contributed by atoms with van der Waals surface area (Å²) in [6.07, 6.45) is 5.65. The number of hydrogen-bond acceptors (Lipinski definition) is 3. The largest absolute Gasteiger partial charge is 0.450 e. The lowest BCUT2D eigenvalue weighted by Crippen LogP contribution is -2.38. The number of hydrogen-bond donors (Lipinski definition) is 0. The molecule has 1 unspecified atom stereocenters. The Kier molecular flexibility index (Phi) is 7.87. The Bertz CT molecular complexity index is 253. The number of carbonyl (C=O) groups excluding carboxylic acids is 1. The fourth-order valence-electron chi connectivity index (χ4n) is 2.89. The predicted octanol–water partition coefficient (Wildman–Crippen LogP) is 3.12. The average molecular weight is 270 g/mol. The van der Waals surface area contributed by atoms with E-state index < -0.39 is 0 Å². The summed E-state index contributed by atoms with van der Waals surface area (Å²) in [6, 6.07) is 0.638. The van der Waals surface area contributed by atoms with Crippen LogP contribution in [-0.2, 0) is 4.74 Å². The Hall–Kier alpha value is -0.770. The molecule has 0 aromatic carbocycles. The van der Waals surface area contributed by atoms with E-state index in [-0.39, 0.29) is 6.09 Å². The van der Waals surface area contributed by atoms with Crippen molar-refractivity contribution in [3.63, 3.8) is 0 Å². The summed E-state index contributed by atoms with van der Waals surface area (Å²) in [4.78, 5) is 16.2. The monoisotopic (exact) mass is 270 g/mol. The van der Waals surface area contributed by atoms with Gasteiger partial charge in [0, 0.05) is 19.1 Å². The molecule has 0 saturated carbocycles. The van der Waals surface area contributed by atoms with Crippen LogP contribution in [0.3, 0.4) is 0 Å².